The van der Waals surface area contributed by atoms with Crippen LogP contribution in [-0.2, 0) is 6.42 Å². The van der Waals surface area contributed by atoms with Gasteiger partial charge in [0.15, 0.2) is 0 Å². The van der Waals surface area contributed by atoms with Crippen LogP contribution in [0.2, 0.25) is 0 Å². The maximum Gasteiger partial charge on any atom is 0.269 e. The Bertz CT molecular complexity index is 1070. The molecule has 0 aliphatic carbocycles. The summed E-state index contributed by atoms with van der Waals surface area (Å²) in [5.74, 6) is 1.53. The lowest BCUT2D eigenvalue weighted by molar-refractivity contribution is 0.0948. The molecular weight excluding hydrogens is 340 g/mol. The molecule has 2 N–H and O–H groups in total. The molecule has 4 rings (SSSR count). The van der Waals surface area contributed by atoms with Crippen LogP contribution in [0.1, 0.15) is 22.7 Å². The van der Waals surface area contributed by atoms with Crippen LogP contribution in [0.15, 0.2) is 54.6 Å². The summed E-state index contributed by atoms with van der Waals surface area (Å²) in [6.45, 7) is 0.568. The number of H-pyrrole nitrogens is 1. The minimum absolute atomic E-state index is 0.169. The average molecular weight is 360 g/mol. The highest BCUT2D eigenvalue weighted by Gasteiger charge is 2.09. The second-order valence-corrected chi connectivity index (χ2v) is 6.32. The molecule has 27 heavy (non-hydrogen) atoms. The Morgan fingerprint density at radius 3 is 2.81 bits per heavy atom. The van der Waals surface area contributed by atoms with Crippen LogP contribution in [0.25, 0.3) is 21.9 Å². The number of para-hydroxylation sites is 2. The van der Waals surface area contributed by atoms with Crippen LogP contribution in [0.4, 0.5) is 0 Å². The fourth-order valence-corrected chi connectivity index (χ4v) is 3.03. The van der Waals surface area contributed by atoms with Crippen molar-refractivity contribution in [1.29, 1.82) is 0 Å². The topological polar surface area (TPSA) is 79.9 Å². The van der Waals surface area contributed by atoms with Gasteiger partial charge in [0.05, 0.1) is 23.7 Å². The minimum Gasteiger partial charge on any atom is -0.497 e. The zero-order valence-electron chi connectivity index (χ0n) is 15.0. The third-order valence-electron chi connectivity index (χ3n) is 4.44. The maximum atomic E-state index is 12.3. The van der Waals surface area contributed by atoms with E-state index in [0.717, 1.165) is 46.4 Å². The average Bonchev–Trinajstić information content (AvgIpc) is 3.13. The quantitative estimate of drug-likeness (QED) is 0.516. The summed E-state index contributed by atoms with van der Waals surface area (Å²) in [4.78, 5) is 24.6. The lowest BCUT2D eigenvalue weighted by Crippen LogP contribution is -2.25. The largest absolute Gasteiger partial charge is 0.497 e. The number of imidazole rings is 1. The van der Waals surface area contributed by atoms with Crippen molar-refractivity contribution in [2.75, 3.05) is 13.7 Å². The number of hydrogen-bond donors (Lipinski definition) is 2. The first-order valence-corrected chi connectivity index (χ1v) is 8.89. The Balaban J connectivity index is 1.34. The van der Waals surface area contributed by atoms with Crippen molar-refractivity contribution in [3.8, 4) is 5.75 Å². The number of carbonyl (C=O) groups is 1. The predicted octanol–water partition coefficient (Wildman–Crippen LogP) is 3.48. The molecule has 0 saturated carbocycles. The van der Waals surface area contributed by atoms with E-state index in [1.807, 2.05) is 48.5 Å². The van der Waals surface area contributed by atoms with E-state index in [9.17, 15) is 4.79 Å². The standard InChI is InChI=1S/C21H20N4O2/c1-27-15-9-11-16-14(13-15)8-10-19(23-16)21(26)22-12-4-7-20-24-17-5-2-3-6-18(17)25-20/h2-3,5-6,8-11,13H,4,7,12H2,1H3,(H,22,26)(H,24,25). The van der Waals surface area contributed by atoms with E-state index < -0.39 is 0 Å². The predicted molar refractivity (Wildman–Crippen MR) is 105 cm³/mol. The van der Waals surface area contributed by atoms with Gasteiger partial charge in [-0.1, -0.05) is 18.2 Å². The van der Waals surface area contributed by atoms with E-state index in [1.165, 1.54) is 0 Å². The molecule has 0 saturated heterocycles. The van der Waals surface area contributed by atoms with Gasteiger partial charge in [0, 0.05) is 18.4 Å². The minimum atomic E-state index is -0.169. The van der Waals surface area contributed by atoms with Crippen LogP contribution in [0.3, 0.4) is 0 Å². The molecule has 2 heterocycles. The zero-order chi connectivity index (χ0) is 18.6. The lowest BCUT2D eigenvalue weighted by atomic mass is 10.2. The van der Waals surface area contributed by atoms with Crippen LogP contribution in [-0.4, -0.2) is 34.5 Å². The number of nitrogens with one attached hydrogen (secondary N) is 2. The van der Waals surface area contributed by atoms with Gasteiger partial charge in [-0.2, -0.15) is 0 Å². The first-order chi connectivity index (χ1) is 13.2. The highest BCUT2D eigenvalue weighted by atomic mass is 16.5. The van der Waals surface area contributed by atoms with E-state index >= 15 is 0 Å². The van der Waals surface area contributed by atoms with E-state index in [-0.39, 0.29) is 5.91 Å². The molecule has 136 valence electrons. The van der Waals surface area contributed by atoms with E-state index in [0.29, 0.717) is 12.2 Å². The summed E-state index contributed by atoms with van der Waals surface area (Å²) in [6.07, 6.45) is 1.58. The SMILES string of the molecule is COc1ccc2nc(C(=O)NCCCc3nc4ccccc4[nH]3)ccc2c1. The number of pyridine rings is 1. The summed E-state index contributed by atoms with van der Waals surface area (Å²) >= 11 is 0. The molecule has 0 spiro atoms. The molecular formula is C21H20N4O2. The first-order valence-electron chi connectivity index (χ1n) is 8.89. The monoisotopic (exact) mass is 360 g/mol. The van der Waals surface area contributed by atoms with Gasteiger partial charge in [-0.25, -0.2) is 9.97 Å². The van der Waals surface area contributed by atoms with Crippen LogP contribution >= 0.6 is 0 Å². The Labute approximate surface area is 156 Å². The molecule has 0 aliphatic rings. The summed E-state index contributed by atoms with van der Waals surface area (Å²) in [7, 11) is 1.63. The van der Waals surface area contributed by atoms with Gasteiger partial charge in [0.25, 0.3) is 5.91 Å². The summed E-state index contributed by atoms with van der Waals surface area (Å²) in [5.41, 5.74) is 3.18. The highest BCUT2D eigenvalue weighted by Crippen LogP contribution is 2.19. The van der Waals surface area contributed by atoms with Gasteiger partial charge in [0.1, 0.15) is 17.3 Å². The number of methoxy groups -OCH3 is 1. The molecule has 0 aliphatic heterocycles. The van der Waals surface area contributed by atoms with Crippen LogP contribution < -0.4 is 10.1 Å². The van der Waals surface area contributed by atoms with Crippen molar-refractivity contribution in [3.05, 3.63) is 66.1 Å². The Kier molecular flexibility index (Phi) is 4.70. The van der Waals surface area contributed by atoms with Gasteiger partial charge in [-0.3, -0.25) is 4.79 Å². The van der Waals surface area contributed by atoms with Crippen molar-refractivity contribution in [2.24, 2.45) is 0 Å². The Morgan fingerprint density at radius 1 is 1.07 bits per heavy atom. The summed E-state index contributed by atoms with van der Waals surface area (Å²) in [5, 5.41) is 3.86. The van der Waals surface area contributed by atoms with E-state index in [2.05, 4.69) is 20.3 Å². The summed E-state index contributed by atoms with van der Waals surface area (Å²) in [6, 6.07) is 17.2. The van der Waals surface area contributed by atoms with E-state index in [1.54, 1.807) is 13.2 Å². The van der Waals surface area contributed by atoms with E-state index in [4.69, 9.17) is 4.74 Å². The van der Waals surface area contributed by atoms with Crippen LogP contribution in [0.5, 0.6) is 5.75 Å². The molecule has 1 amide bonds. The second-order valence-electron chi connectivity index (χ2n) is 6.32. The number of rotatable bonds is 6. The smallest absolute Gasteiger partial charge is 0.269 e. The lowest BCUT2D eigenvalue weighted by Gasteiger charge is -2.06. The third-order valence-corrected chi connectivity index (χ3v) is 4.44. The van der Waals surface area contributed by atoms with Gasteiger partial charge in [-0.15, -0.1) is 0 Å². The molecule has 6 heteroatoms. The molecule has 0 fully saturated rings. The summed E-state index contributed by atoms with van der Waals surface area (Å²) < 4.78 is 5.21. The number of aromatic nitrogens is 3. The Morgan fingerprint density at radius 2 is 1.96 bits per heavy atom. The molecule has 0 atom stereocenters. The number of fused-ring (bicyclic) bond motifs is 2. The van der Waals surface area contributed by atoms with Crippen molar-refractivity contribution in [2.45, 2.75) is 12.8 Å². The van der Waals surface area contributed by atoms with Gasteiger partial charge >= 0.3 is 0 Å². The number of nitrogens with zero attached hydrogens (tertiary/aromatic N) is 2. The van der Waals surface area contributed by atoms with Crippen molar-refractivity contribution in [1.82, 2.24) is 20.3 Å². The highest BCUT2D eigenvalue weighted by molar-refractivity contribution is 5.95. The number of aryl methyl sites for hydroxylation is 1. The number of aromatic amines is 1. The molecule has 0 bridgehead atoms. The fourth-order valence-electron chi connectivity index (χ4n) is 3.03. The number of ether oxygens (including phenoxy) is 1. The normalized spacial score (nSPS) is 11.0. The fraction of sp³-hybridized carbons (Fsp3) is 0.190. The molecule has 6 nitrogen and oxygen atoms in total. The third kappa shape index (κ3) is 3.74. The number of benzene rings is 2. The number of carbonyl (C=O) groups excluding carboxylic acids is 1. The van der Waals surface area contributed by atoms with Gasteiger partial charge < -0.3 is 15.0 Å². The Hall–Kier alpha value is -3.41. The number of amides is 1. The molecule has 2 aromatic carbocycles. The molecule has 2 aromatic heterocycles. The van der Waals surface area contributed by atoms with Crippen LogP contribution in [0, 0.1) is 0 Å². The first kappa shape index (κ1) is 17.0. The van der Waals surface area contributed by atoms with Crippen molar-refractivity contribution >= 4 is 27.8 Å². The van der Waals surface area contributed by atoms with Crippen molar-refractivity contribution in [3.63, 3.8) is 0 Å². The van der Waals surface area contributed by atoms with Gasteiger partial charge in [-0.05, 0) is 42.8 Å². The van der Waals surface area contributed by atoms with Gasteiger partial charge in [0.2, 0.25) is 0 Å². The zero-order valence-corrected chi connectivity index (χ0v) is 15.0. The number of hydrogen-bond acceptors (Lipinski definition) is 4. The second kappa shape index (κ2) is 7.45. The maximum absolute atomic E-state index is 12.3. The van der Waals surface area contributed by atoms with Crippen molar-refractivity contribution < 1.29 is 9.53 Å². The molecule has 4 aromatic rings. The molecule has 0 unspecified atom stereocenters. The molecule has 0 radical (unpaired) electrons.